The third-order valence-electron chi connectivity index (χ3n) is 3.39. The highest BCUT2D eigenvalue weighted by atomic mass is 32.1. The maximum Gasteiger partial charge on any atom is 0.289 e. The number of carbonyl (C=O) groups excluding carboxylic acids is 1. The SMILES string of the molecule is CCCCNC(=S)N1CCN(C(=O)c2ccco2)CC1. The molecule has 2 heterocycles. The van der Waals surface area contributed by atoms with E-state index in [1.54, 1.807) is 12.1 Å². The first-order valence-electron chi connectivity index (χ1n) is 7.08. The van der Waals surface area contributed by atoms with Gasteiger partial charge in [0.15, 0.2) is 10.9 Å². The summed E-state index contributed by atoms with van der Waals surface area (Å²) in [5.74, 6) is 0.363. The van der Waals surface area contributed by atoms with Gasteiger partial charge in [-0.2, -0.15) is 0 Å². The zero-order valence-corrected chi connectivity index (χ0v) is 12.6. The molecule has 1 aromatic heterocycles. The molecule has 110 valence electrons. The van der Waals surface area contributed by atoms with E-state index in [1.165, 1.54) is 6.26 Å². The summed E-state index contributed by atoms with van der Waals surface area (Å²) in [5.41, 5.74) is 0. The molecular formula is C14H21N3O2S. The van der Waals surface area contributed by atoms with E-state index in [2.05, 4.69) is 17.1 Å². The first-order chi connectivity index (χ1) is 9.72. The number of nitrogens with zero attached hydrogens (tertiary/aromatic N) is 2. The van der Waals surface area contributed by atoms with E-state index in [1.807, 2.05) is 4.90 Å². The fourth-order valence-electron chi connectivity index (χ4n) is 2.15. The van der Waals surface area contributed by atoms with Gasteiger partial charge in [-0.05, 0) is 30.8 Å². The highest BCUT2D eigenvalue weighted by molar-refractivity contribution is 7.80. The Morgan fingerprint density at radius 3 is 2.65 bits per heavy atom. The van der Waals surface area contributed by atoms with Crippen molar-refractivity contribution in [1.82, 2.24) is 15.1 Å². The van der Waals surface area contributed by atoms with E-state index in [0.29, 0.717) is 18.8 Å². The zero-order valence-electron chi connectivity index (χ0n) is 11.8. The van der Waals surface area contributed by atoms with Crippen molar-refractivity contribution in [2.45, 2.75) is 19.8 Å². The third kappa shape index (κ3) is 3.72. The van der Waals surface area contributed by atoms with Gasteiger partial charge in [-0.3, -0.25) is 4.79 Å². The Morgan fingerprint density at radius 2 is 2.05 bits per heavy atom. The fraction of sp³-hybridized carbons (Fsp3) is 0.571. The van der Waals surface area contributed by atoms with E-state index < -0.39 is 0 Å². The van der Waals surface area contributed by atoms with Crippen LogP contribution in [0.15, 0.2) is 22.8 Å². The fourth-order valence-corrected chi connectivity index (χ4v) is 2.44. The van der Waals surface area contributed by atoms with E-state index in [0.717, 1.165) is 37.6 Å². The number of carbonyl (C=O) groups is 1. The molecule has 20 heavy (non-hydrogen) atoms. The molecule has 0 aliphatic carbocycles. The van der Waals surface area contributed by atoms with Crippen molar-refractivity contribution in [3.63, 3.8) is 0 Å². The number of nitrogens with one attached hydrogen (secondary N) is 1. The van der Waals surface area contributed by atoms with Crippen molar-refractivity contribution in [2.75, 3.05) is 32.7 Å². The standard InChI is InChI=1S/C14H21N3O2S/c1-2-3-6-15-14(20)17-9-7-16(8-10-17)13(18)12-5-4-11-19-12/h4-5,11H,2-3,6-10H2,1H3,(H,15,20). The lowest BCUT2D eigenvalue weighted by atomic mass is 10.3. The van der Waals surface area contributed by atoms with Crippen molar-refractivity contribution in [2.24, 2.45) is 0 Å². The van der Waals surface area contributed by atoms with E-state index >= 15 is 0 Å². The Balaban J connectivity index is 1.77. The van der Waals surface area contributed by atoms with E-state index in [-0.39, 0.29) is 5.91 Å². The largest absolute Gasteiger partial charge is 0.459 e. The number of thiocarbonyl (C=S) groups is 1. The molecule has 1 saturated heterocycles. The van der Waals surface area contributed by atoms with Crippen molar-refractivity contribution in [1.29, 1.82) is 0 Å². The summed E-state index contributed by atoms with van der Waals surface area (Å²) in [4.78, 5) is 16.0. The minimum absolute atomic E-state index is 0.0421. The molecule has 2 rings (SSSR count). The topological polar surface area (TPSA) is 48.7 Å². The van der Waals surface area contributed by atoms with Crippen molar-refractivity contribution in [3.8, 4) is 0 Å². The van der Waals surface area contributed by atoms with Gasteiger partial charge in [-0.15, -0.1) is 0 Å². The average Bonchev–Trinajstić information content (AvgIpc) is 3.01. The summed E-state index contributed by atoms with van der Waals surface area (Å²) in [7, 11) is 0. The first-order valence-corrected chi connectivity index (χ1v) is 7.48. The second-order valence-corrected chi connectivity index (χ2v) is 5.23. The summed E-state index contributed by atoms with van der Waals surface area (Å²) in [6.07, 6.45) is 3.80. The van der Waals surface area contributed by atoms with Crippen LogP contribution in [0.3, 0.4) is 0 Å². The molecule has 0 saturated carbocycles. The maximum absolute atomic E-state index is 12.1. The van der Waals surface area contributed by atoms with Gasteiger partial charge in [-0.1, -0.05) is 13.3 Å². The molecular weight excluding hydrogens is 274 g/mol. The molecule has 5 nitrogen and oxygen atoms in total. The smallest absolute Gasteiger partial charge is 0.289 e. The second-order valence-electron chi connectivity index (χ2n) is 4.84. The Hall–Kier alpha value is -1.56. The lowest BCUT2D eigenvalue weighted by Crippen LogP contribution is -2.53. The minimum atomic E-state index is -0.0421. The van der Waals surface area contributed by atoms with Crippen LogP contribution in [0.2, 0.25) is 0 Å². The summed E-state index contributed by atoms with van der Waals surface area (Å²) >= 11 is 5.36. The molecule has 0 bridgehead atoms. The second kappa shape index (κ2) is 7.28. The average molecular weight is 295 g/mol. The number of hydrogen-bond donors (Lipinski definition) is 1. The molecule has 1 aromatic rings. The van der Waals surface area contributed by atoms with Gasteiger partial charge >= 0.3 is 0 Å². The van der Waals surface area contributed by atoms with Gasteiger partial charge in [-0.25, -0.2) is 0 Å². The number of amides is 1. The molecule has 1 amide bonds. The summed E-state index contributed by atoms with van der Waals surface area (Å²) in [6, 6.07) is 3.43. The molecule has 0 unspecified atom stereocenters. The van der Waals surface area contributed by atoms with Crippen molar-refractivity contribution in [3.05, 3.63) is 24.2 Å². The summed E-state index contributed by atoms with van der Waals surface area (Å²) in [6.45, 7) is 5.96. The molecule has 0 aromatic carbocycles. The lowest BCUT2D eigenvalue weighted by molar-refractivity contribution is 0.0659. The van der Waals surface area contributed by atoms with Crippen LogP contribution in [0.25, 0.3) is 0 Å². The number of unbranched alkanes of at least 4 members (excludes halogenated alkanes) is 1. The normalized spacial score (nSPS) is 15.2. The number of rotatable bonds is 4. The predicted octanol–water partition coefficient (Wildman–Crippen LogP) is 1.71. The molecule has 0 spiro atoms. The zero-order chi connectivity index (χ0) is 14.4. The molecule has 6 heteroatoms. The van der Waals surface area contributed by atoms with Crippen molar-refractivity contribution >= 4 is 23.2 Å². The van der Waals surface area contributed by atoms with Crippen LogP contribution in [0.5, 0.6) is 0 Å². The van der Waals surface area contributed by atoms with Crippen LogP contribution in [0.4, 0.5) is 0 Å². The number of furan rings is 1. The van der Waals surface area contributed by atoms with Gasteiger partial charge in [0, 0.05) is 32.7 Å². The Kier molecular flexibility index (Phi) is 5.40. The van der Waals surface area contributed by atoms with Crippen LogP contribution < -0.4 is 5.32 Å². The van der Waals surface area contributed by atoms with Gasteiger partial charge in [0.05, 0.1) is 6.26 Å². The van der Waals surface area contributed by atoms with Crippen LogP contribution in [0.1, 0.15) is 30.3 Å². The van der Waals surface area contributed by atoms with Crippen LogP contribution in [0, 0.1) is 0 Å². The molecule has 1 N–H and O–H groups in total. The monoisotopic (exact) mass is 295 g/mol. The van der Waals surface area contributed by atoms with Gasteiger partial charge < -0.3 is 19.5 Å². The molecule has 1 aliphatic heterocycles. The quantitative estimate of drug-likeness (QED) is 0.677. The van der Waals surface area contributed by atoms with Gasteiger partial charge in [0.2, 0.25) is 0 Å². The molecule has 1 aliphatic rings. The van der Waals surface area contributed by atoms with Crippen molar-refractivity contribution < 1.29 is 9.21 Å². The molecule has 0 atom stereocenters. The Morgan fingerprint density at radius 1 is 1.35 bits per heavy atom. The summed E-state index contributed by atoms with van der Waals surface area (Å²) < 4.78 is 5.15. The molecule has 1 fully saturated rings. The van der Waals surface area contributed by atoms with E-state index in [4.69, 9.17) is 16.6 Å². The Labute approximate surface area is 124 Å². The van der Waals surface area contributed by atoms with E-state index in [9.17, 15) is 4.79 Å². The molecule has 0 radical (unpaired) electrons. The maximum atomic E-state index is 12.1. The number of piperazine rings is 1. The summed E-state index contributed by atoms with van der Waals surface area (Å²) in [5, 5.41) is 4.06. The van der Waals surface area contributed by atoms with Crippen LogP contribution in [-0.4, -0.2) is 53.5 Å². The third-order valence-corrected chi connectivity index (χ3v) is 3.80. The highest BCUT2D eigenvalue weighted by Crippen LogP contribution is 2.09. The lowest BCUT2D eigenvalue weighted by Gasteiger charge is -2.35. The minimum Gasteiger partial charge on any atom is -0.459 e. The predicted molar refractivity (Wildman–Crippen MR) is 81.7 cm³/mol. The van der Waals surface area contributed by atoms with Crippen LogP contribution in [-0.2, 0) is 0 Å². The number of hydrogen-bond acceptors (Lipinski definition) is 3. The first kappa shape index (κ1) is 14.8. The van der Waals surface area contributed by atoms with Gasteiger partial charge in [0.25, 0.3) is 5.91 Å². The highest BCUT2D eigenvalue weighted by Gasteiger charge is 2.24. The van der Waals surface area contributed by atoms with Crippen LogP contribution >= 0.6 is 12.2 Å². The Bertz CT molecular complexity index is 439. The van der Waals surface area contributed by atoms with Gasteiger partial charge in [0.1, 0.15) is 0 Å².